The zero-order chi connectivity index (χ0) is 14.0. The summed E-state index contributed by atoms with van der Waals surface area (Å²) >= 11 is 1.39. The number of nitrogens with one attached hydrogen (secondary N) is 1. The third-order valence-electron chi connectivity index (χ3n) is 3.45. The number of ether oxygens (including phenoxy) is 1. The van der Waals surface area contributed by atoms with Gasteiger partial charge in [-0.3, -0.25) is 4.79 Å². The van der Waals surface area contributed by atoms with E-state index in [4.69, 9.17) is 10.5 Å². The Morgan fingerprint density at radius 2 is 2.32 bits per heavy atom. The Morgan fingerprint density at radius 1 is 1.63 bits per heavy atom. The van der Waals surface area contributed by atoms with E-state index in [0.717, 1.165) is 10.7 Å². The number of hydrogen-bond donors (Lipinski definition) is 2. The summed E-state index contributed by atoms with van der Waals surface area (Å²) in [5.74, 6) is 0.507. The SMILES string of the molecule is COC(C)c1nc(C)c(C(=O)NCC(N)C2CC2)s1. The van der Waals surface area contributed by atoms with E-state index in [1.54, 1.807) is 7.11 Å². The van der Waals surface area contributed by atoms with E-state index in [1.165, 1.54) is 24.2 Å². The van der Waals surface area contributed by atoms with Crippen molar-refractivity contribution in [3.63, 3.8) is 0 Å². The maximum Gasteiger partial charge on any atom is 0.263 e. The Bertz CT molecular complexity index is 457. The summed E-state index contributed by atoms with van der Waals surface area (Å²) in [5.41, 5.74) is 6.72. The van der Waals surface area contributed by atoms with Crippen molar-refractivity contribution < 1.29 is 9.53 Å². The van der Waals surface area contributed by atoms with Crippen molar-refractivity contribution >= 4 is 17.2 Å². The van der Waals surface area contributed by atoms with E-state index in [9.17, 15) is 4.79 Å². The molecule has 0 radical (unpaired) electrons. The van der Waals surface area contributed by atoms with Crippen LogP contribution in [0.5, 0.6) is 0 Å². The molecule has 0 saturated heterocycles. The van der Waals surface area contributed by atoms with Crippen molar-refractivity contribution in [2.45, 2.75) is 38.8 Å². The van der Waals surface area contributed by atoms with Gasteiger partial charge in [0.15, 0.2) is 0 Å². The molecular weight excluding hydrogens is 262 g/mol. The number of hydrogen-bond acceptors (Lipinski definition) is 5. The first-order chi connectivity index (χ1) is 9.02. The summed E-state index contributed by atoms with van der Waals surface area (Å²) in [6, 6.07) is 0.0783. The molecule has 5 nitrogen and oxygen atoms in total. The van der Waals surface area contributed by atoms with Gasteiger partial charge in [0.05, 0.1) is 5.69 Å². The van der Waals surface area contributed by atoms with Gasteiger partial charge in [-0.25, -0.2) is 4.98 Å². The number of aromatic nitrogens is 1. The minimum absolute atomic E-state index is 0.0783. The quantitative estimate of drug-likeness (QED) is 0.832. The van der Waals surface area contributed by atoms with Gasteiger partial charge in [-0.1, -0.05) is 0 Å². The second-order valence-electron chi connectivity index (χ2n) is 5.06. The molecule has 6 heteroatoms. The van der Waals surface area contributed by atoms with E-state index in [-0.39, 0.29) is 18.1 Å². The molecule has 2 unspecified atom stereocenters. The fourth-order valence-corrected chi connectivity index (χ4v) is 2.90. The summed E-state index contributed by atoms with van der Waals surface area (Å²) in [6.07, 6.45) is 2.29. The second kappa shape index (κ2) is 5.98. The predicted octanol–water partition coefficient (Wildman–Crippen LogP) is 1.63. The molecule has 2 atom stereocenters. The molecule has 0 aromatic carbocycles. The summed E-state index contributed by atoms with van der Waals surface area (Å²) in [6.45, 7) is 4.30. The minimum Gasteiger partial charge on any atom is -0.375 e. The van der Waals surface area contributed by atoms with Crippen LogP contribution in [0, 0.1) is 12.8 Å². The molecule has 0 aliphatic heterocycles. The molecule has 0 spiro atoms. The Hall–Kier alpha value is -0.980. The van der Waals surface area contributed by atoms with Gasteiger partial charge in [0.1, 0.15) is 16.0 Å². The third-order valence-corrected chi connectivity index (χ3v) is 4.76. The Labute approximate surface area is 117 Å². The van der Waals surface area contributed by atoms with Crippen molar-refractivity contribution in [2.24, 2.45) is 11.7 Å². The smallest absolute Gasteiger partial charge is 0.263 e. The van der Waals surface area contributed by atoms with Crippen molar-refractivity contribution in [2.75, 3.05) is 13.7 Å². The molecule has 1 fully saturated rings. The third kappa shape index (κ3) is 3.52. The highest BCUT2D eigenvalue weighted by molar-refractivity contribution is 7.13. The highest BCUT2D eigenvalue weighted by atomic mass is 32.1. The van der Waals surface area contributed by atoms with Gasteiger partial charge in [-0.2, -0.15) is 0 Å². The number of nitrogens with zero attached hydrogens (tertiary/aromatic N) is 1. The molecule has 1 aliphatic rings. The molecule has 1 saturated carbocycles. The first kappa shape index (κ1) is 14.4. The van der Waals surface area contributed by atoms with Gasteiger partial charge in [0, 0.05) is 19.7 Å². The fourth-order valence-electron chi connectivity index (χ4n) is 1.88. The highest BCUT2D eigenvalue weighted by Gasteiger charge is 2.29. The molecule has 19 heavy (non-hydrogen) atoms. The van der Waals surface area contributed by atoms with Crippen LogP contribution in [0.3, 0.4) is 0 Å². The molecule has 2 rings (SSSR count). The van der Waals surface area contributed by atoms with E-state index in [1.807, 2.05) is 13.8 Å². The number of amides is 1. The molecule has 0 bridgehead atoms. The summed E-state index contributed by atoms with van der Waals surface area (Å²) in [7, 11) is 1.63. The zero-order valence-electron chi connectivity index (χ0n) is 11.6. The molecule has 1 aromatic rings. The number of aryl methyl sites for hydroxylation is 1. The number of carbonyl (C=O) groups is 1. The van der Waals surface area contributed by atoms with E-state index >= 15 is 0 Å². The number of methoxy groups -OCH3 is 1. The first-order valence-electron chi connectivity index (χ1n) is 6.56. The summed E-state index contributed by atoms with van der Waals surface area (Å²) in [4.78, 5) is 17.1. The summed E-state index contributed by atoms with van der Waals surface area (Å²) < 4.78 is 5.22. The number of carbonyl (C=O) groups excluding carboxylic acids is 1. The normalized spacial score (nSPS) is 18.1. The molecule has 106 valence electrons. The van der Waals surface area contributed by atoms with Crippen LogP contribution in [0.4, 0.5) is 0 Å². The van der Waals surface area contributed by atoms with Crippen LogP contribution >= 0.6 is 11.3 Å². The molecule has 1 aromatic heterocycles. The van der Waals surface area contributed by atoms with Crippen LogP contribution in [0.25, 0.3) is 0 Å². The topological polar surface area (TPSA) is 77.2 Å². The van der Waals surface area contributed by atoms with Crippen molar-refractivity contribution in [3.8, 4) is 0 Å². The van der Waals surface area contributed by atoms with Crippen LogP contribution in [0.15, 0.2) is 0 Å². The fraction of sp³-hybridized carbons (Fsp3) is 0.692. The molecule has 1 heterocycles. The first-order valence-corrected chi connectivity index (χ1v) is 7.38. The van der Waals surface area contributed by atoms with Crippen LogP contribution < -0.4 is 11.1 Å². The number of nitrogens with two attached hydrogens (primary N) is 1. The molecular formula is C13H21N3O2S. The van der Waals surface area contributed by atoms with Crippen LogP contribution in [-0.2, 0) is 4.74 Å². The van der Waals surface area contributed by atoms with E-state index in [2.05, 4.69) is 10.3 Å². The maximum absolute atomic E-state index is 12.1. The van der Waals surface area contributed by atoms with Crippen molar-refractivity contribution in [1.29, 1.82) is 0 Å². The van der Waals surface area contributed by atoms with E-state index < -0.39 is 0 Å². The second-order valence-corrected chi connectivity index (χ2v) is 6.09. The highest BCUT2D eigenvalue weighted by Crippen LogP contribution is 2.31. The maximum atomic E-state index is 12.1. The van der Waals surface area contributed by atoms with Crippen LogP contribution in [0.2, 0.25) is 0 Å². The monoisotopic (exact) mass is 283 g/mol. The van der Waals surface area contributed by atoms with Gasteiger partial charge in [-0.05, 0) is 32.6 Å². The average Bonchev–Trinajstić information content (AvgIpc) is 3.17. The minimum atomic E-state index is -0.0843. The Balaban J connectivity index is 1.96. The average molecular weight is 283 g/mol. The lowest BCUT2D eigenvalue weighted by molar-refractivity contribution is 0.0953. The van der Waals surface area contributed by atoms with Gasteiger partial charge >= 0.3 is 0 Å². The van der Waals surface area contributed by atoms with Gasteiger partial charge < -0.3 is 15.8 Å². The standard InChI is InChI=1S/C13H21N3O2S/c1-7-11(19-13(16-7)8(2)18-3)12(17)15-6-10(14)9-4-5-9/h8-10H,4-6,14H2,1-3H3,(H,15,17). The molecule has 3 N–H and O–H groups in total. The van der Waals surface area contributed by atoms with Gasteiger partial charge in [-0.15, -0.1) is 11.3 Å². The Morgan fingerprint density at radius 3 is 2.89 bits per heavy atom. The lowest BCUT2D eigenvalue weighted by Crippen LogP contribution is -2.38. The van der Waals surface area contributed by atoms with Crippen LogP contribution in [-0.4, -0.2) is 30.6 Å². The molecule has 1 amide bonds. The summed E-state index contributed by atoms with van der Waals surface area (Å²) in [5, 5.41) is 3.73. The largest absolute Gasteiger partial charge is 0.375 e. The van der Waals surface area contributed by atoms with E-state index in [0.29, 0.717) is 17.3 Å². The van der Waals surface area contributed by atoms with Gasteiger partial charge in [0.2, 0.25) is 0 Å². The van der Waals surface area contributed by atoms with Gasteiger partial charge in [0.25, 0.3) is 5.91 Å². The predicted molar refractivity (Wildman–Crippen MR) is 75.3 cm³/mol. The van der Waals surface area contributed by atoms with Crippen molar-refractivity contribution in [3.05, 3.63) is 15.6 Å². The lowest BCUT2D eigenvalue weighted by Gasteiger charge is -2.10. The van der Waals surface area contributed by atoms with Crippen molar-refractivity contribution in [1.82, 2.24) is 10.3 Å². The number of thiazole rings is 1. The number of rotatable bonds is 6. The Kier molecular flexibility index (Phi) is 4.54. The van der Waals surface area contributed by atoms with Crippen LogP contribution in [0.1, 0.15) is 46.2 Å². The zero-order valence-corrected chi connectivity index (χ0v) is 12.4. The molecule has 1 aliphatic carbocycles. The lowest BCUT2D eigenvalue weighted by atomic mass is 10.2.